The van der Waals surface area contributed by atoms with Crippen LogP contribution in [0.2, 0.25) is 0 Å². The zero-order valence-electron chi connectivity index (χ0n) is 4.02. The summed E-state index contributed by atoms with van der Waals surface area (Å²) in [5.74, 6) is 0. The topological polar surface area (TPSA) is 0 Å². The van der Waals surface area contributed by atoms with Gasteiger partial charge in [0.15, 0.2) is 0 Å². The van der Waals surface area contributed by atoms with Gasteiger partial charge in [-0.25, -0.2) is 0 Å². The first kappa shape index (κ1) is 5.35. The van der Waals surface area contributed by atoms with Crippen LogP contribution in [0.15, 0.2) is 21.8 Å². The van der Waals surface area contributed by atoms with E-state index in [2.05, 4.69) is 40.8 Å². The molecule has 1 aliphatic rings. The van der Waals surface area contributed by atoms with Crippen molar-refractivity contribution < 1.29 is 0 Å². The molecule has 0 saturated heterocycles. The van der Waals surface area contributed by atoms with Gasteiger partial charge >= 0.3 is 0 Å². The van der Waals surface area contributed by atoms with Gasteiger partial charge < -0.3 is 0 Å². The van der Waals surface area contributed by atoms with Crippen molar-refractivity contribution in [3.8, 4) is 0 Å². The molecule has 0 aromatic carbocycles. The van der Waals surface area contributed by atoms with E-state index in [1.165, 1.54) is 3.58 Å². The van der Waals surface area contributed by atoms with Crippen LogP contribution in [0.4, 0.5) is 0 Å². The fourth-order valence-corrected chi connectivity index (χ4v) is 1.08. The molecule has 0 unspecified atom stereocenters. The number of hydrogen-bond donors (Lipinski definition) is 0. The van der Waals surface area contributed by atoms with Gasteiger partial charge in [-0.05, 0) is 39.0 Å². The van der Waals surface area contributed by atoms with E-state index < -0.39 is 0 Å². The Morgan fingerprint density at radius 1 is 1.43 bits per heavy atom. The van der Waals surface area contributed by atoms with Gasteiger partial charge in [-0.2, -0.15) is 0 Å². The molecule has 0 aromatic heterocycles. The minimum Gasteiger partial charge on any atom is -0.0844 e. The average Bonchev–Trinajstić information content (AvgIpc) is 1.69. The second-order valence-electron chi connectivity index (χ2n) is 1.56. The van der Waals surface area contributed by atoms with Crippen LogP contribution >= 0.6 is 22.6 Å². The second-order valence-corrected chi connectivity index (χ2v) is 2.95. The zero-order valence-corrected chi connectivity index (χ0v) is 6.18. The monoisotopic (exact) mass is 206 g/mol. The van der Waals surface area contributed by atoms with E-state index in [1.807, 2.05) is 0 Å². The third-order valence-electron chi connectivity index (χ3n) is 0.955. The van der Waals surface area contributed by atoms with Gasteiger partial charge in [-0.3, -0.25) is 0 Å². The first-order valence-corrected chi connectivity index (χ1v) is 3.47. The predicted molar refractivity (Wildman–Crippen MR) is 40.5 cm³/mol. The summed E-state index contributed by atoms with van der Waals surface area (Å²) >= 11 is 2.37. The molecule has 0 amide bonds. The molecule has 0 radical (unpaired) electrons. The van der Waals surface area contributed by atoms with Crippen LogP contribution in [-0.2, 0) is 0 Å². The van der Waals surface area contributed by atoms with Crippen LogP contribution in [0.3, 0.4) is 0 Å². The highest BCUT2D eigenvalue weighted by Gasteiger charge is 1.89. The fraction of sp³-hybridized carbons (Fsp3) is 0.333. The van der Waals surface area contributed by atoms with Gasteiger partial charge in [0.25, 0.3) is 0 Å². The summed E-state index contributed by atoms with van der Waals surface area (Å²) in [5.41, 5.74) is 0. The van der Waals surface area contributed by atoms with E-state index in [0.29, 0.717) is 0 Å². The van der Waals surface area contributed by atoms with E-state index in [9.17, 15) is 0 Å². The van der Waals surface area contributed by atoms with Gasteiger partial charge in [0.05, 0.1) is 0 Å². The molecule has 0 heterocycles. The third kappa shape index (κ3) is 1.63. The van der Waals surface area contributed by atoms with Crippen molar-refractivity contribution >= 4 is 22.6 Å². The van der Waals surface area contributed by atoms with Crippen molar-refractivity contribution in [2.45, 2.75) is 12.8 Å². The standard InChI is InChI=1S/C6H7I/c7-6-4-2-1-3-5-6/h1-2,5H,3-4H2. The molecule has 7 heavy (non-hydrogen) atoms. The molecular formula is C6H7I. The highest BCUT2D eigenvalue weighted by atomic mass is 127. The first-order chi connectivity index (χ1) is 3.39. The molecule has 0 atom stereocenters. The lowest BCUT2D eigenvalue weighted by molar-refractivity contribution is 1.22. The van der Waals surface area contributed by atoms with Crippen LogP contribution in [0.1, 0.15) is 12.8 Å². The fourth-order valence-electron chi connectivity index (χ4n) is 0.571. The molecule has 0 fully saturated rings. The summed E-state index contributed by atoms with van der Waals surface area (Å²) in [6.07, 6.45) is 8.95. The smallest absolute Gasteiger partial charge is 0.00421 e. The largest absolute Gasteiger partial charge is 0.0844 e. The lowest BCUT2D eigenvalue weighted by Crippen LogP contribution is -1.73. The Kier molecular flexibility index (Phi) is 1.91. The molecule has 38 valence electrons. The van der Waals surface area contributed by atoms with E-state index in [4.69, 9.17) is 0 Å². The van der Waals surface area contributed by atoms with Crippen molar-refractivity contribution in [1.29, 1.82) is 0 Å². The summed E-state index contributed by atoms with van der Waals surface area (Å²) in [6.45, 7) is 0. The van der Waals surface area contributed by atoms with E-state index >= 15 is 0 Å². The summed E-state index contributed by atoms with van der Waals surface area (Å²) < 4.78 is 1.47. The number of rotatable bonds is 0. The van der Waals surface area contributed by atoms with Crippen molar-refractivity contribution in [3.63, 3.8) is 0 Å². The van der Waals surface area contributed by atoms with Crippen LogP contribution in [0.25, 0.3) is 0 Å². The van der Waals surface area contributed by atoms with Gasteiger partial charge in [-0.15, -0.1) is 0 Å². The molecule has 0 aromatic rings. The molecule has 0 N–H and O–H groups in total. The third-order valence-corrected chi connectivity index (χ3v) is 1.84. The van der Waals surface area contributed by atoms with E-state index in [1.54, 1.807) is 0 Å². The molecule has 0 aliphatic heterocycles. The molecular weight excluding hydrogens is 199 g/mol. The van der Waals surface area contributed by atoms with Crippen LogP contribution in [0, 0.1) is 0 Å². The Bertz CT molecular complexity index is 111. The summed E-state index contributed by atoms with van der Waals surface area (Å²) in [6, 6.07) is 0. The normalized spacial score (nSPS) is 19.3. The number of halogens is 1. The first-order valence-electron chi connectivity index (χ1n) is 2.39. The molecule has 0 bridgehead atoms. The maximum absolute atomic E-state index is 2.37. The molecule has 1 heteroatoms. The average molecular weight is 206 g/mol. The summed E-state index contributed by atoms with van der Waals surface area (Å²) in [5, 5.41) is 0. The lowest BCUT2D eigenvalue weighted by atomic mass is 10.2. The highest BCUT2D eigenvalue weighted by molar-refractivity contribution is 14.1. The Hall–Kier alpha value is 0.210. The van der Waals surface area contributed by atoms with Crippen molar-refractivity contribution in [2.75, 3.05) is 0 Å². The van der Waals surface area contributed by atoms with Gasteiger partial charge in [0.2, 0.25) is 0 Å². The Morgan fingerprint density at radius 2 is 2.29 bits per heavy atom. The Labute approximate surface area is 57.4 Å². The summed E-state index contributed by atoms with van der Waals surface area (Å²) in [7, 11) is 0. The maximum Gasteiger partial charge on any atom is -0.00421 e. The van der Waals surface area contributed by atoms with E-state index in [0.717, 1.165) is 12.8 Å². The highest BCUT2D eigenvalue weighted by Crippen LogP contribution is 2.16. The van der Waals surface area contributed by atoms with Gasteiger partial charge in [-0.1, -0.05) is 18.2 Å². The van der Waals surface area contributed by atoms with Gasteiger partial charge in [0.1, 0.15) is 0 Å². The van der Waals surface area contributed by atoms with Gasteiger partial charge in [0, 0.05) is 0 Å². The maximum atomic E-state index is 2.37. The predicted octanol–water partition coefficient (Wildman–Crippen LogP) is 2.66. The molecule has 0 nitrogen and oxygen atoms in total. The van der Waals surface area contributed by atoms with Crippen molar-refractivity contribution in [1.82, 2.24) is 0 Å². The Balaban J connectivity index is 2.50. The second kappa shape index (κ2) is 2.50. The minimum atomic E-state index is 1.14. The van der Waals surface area contributed by atoms with Crippen molar-refractivity contribution in [2.24, 2.45) is 0 Å². The summed E-state index contributed by atoms with van der Waals surface area (Å²) in [4.78, 5) is 0. The minimum absolute atomic E-state index is 1.14. The molecule has 0 saturated carbocycles. The Morgan fingerprint density at radius 3 is 2.57 bits per heavy atom. The van der Waals surface area contributed by atoms with Crippen molar-refractivity contribution in [3.05, 3.63) is 21.8 Å². The SMILES string of the molecule is IC1=CCC=CC1. The van der Waals surface area contributed by atoms with Crippen LogP contribution < -0.4 is 0 Å². The molecule has 1 aliphatic carbocycles. The number of allylic oxidation sites excluding steroid dienone is 4. The van der Waals surface area contributed by atoms with Crippen LogP contribution in [-0.4, -0.2) is 0 Å². The zero-order chi connectivity index (χ0) is 5.11. The lowest BCUT2D eigenvalue weighted by Gasteiger charge is -1.96. The van der Waals surface area contributed by atoms with E-state index in [-0.39, 0.29) is 0 Å². The quantitative estimate of drug-likeness (QED) is 0.422. The number of hydrogen-bond acceptors (Lipinski definition) is 0. The van der Waals surface area contributed by atoms with Crippen LogP contribution in [0.5, 0.6) is 0 Å². The molecule has 1 rings (SSSR count). The molecule has 0 spiro atoms.